The Balaban J connectivity index is 1.54. The molecule has 0 aliphatic carbocycles. The molecule has 4 rings (SSSR count). The number of carbonyl (C=O) groups is 3. The van der Waals surface area contributed by atoms with E-state index < -0.39 is 39.3 Å². The van der Waals surface area contributed by atoms with Gasteiger partial charge in [0.15, 0.2) is 0 Å². The number of nitrogens with two attached hydrogens (primary N) is 1. The summed E-state index contributed by atoms with van der Waals surface area (Å²) in [6.45, 7) is 10.5. The minimum Gasteiger partial charge on any atom is -0.466 e. The highest BCUT2D eigenvalue weighted by Crippen LogP contribution is 2.45. The average Bonchev–Trinajstić information content (AvgIpc) is 3.21. The van der Waals surface area contributed by atoms with Gasteiger partial charge in [0.25, 0.3) is 11.8 Å². The third-order valence-electron chi connectivity index (χ3n) is 7.08. The first-order valence-electron chi connectivity index (χ1n) is 13.0. The fourth-order valence-corrected chi connectivity index (χ4v) is 8.39. The van der Waals surface area contributed by atoms with Crippen LogP contribution in [0.25, 0.3) is 0 Å². The van der Waals surface area contributed by atoms with E-state index in [9.17, 15) is 22.8 Å². The molecule has 2 amide bonds. The van der Waals surface area contributed by atoms with Crippen molar-refractivity contribution in [2.24, 2.45) is 11.7 Å². The number of esters is 1. The summed E-state index contributed by atoms with van der Waals surface area (Å²) in [5.74, 6) is -1.98. The van der Waals surface area contributed by atoms with Crippen LogP contribution < -0.4 is 16.4 Å². The molecule has 1 atom stereocenters. The standard InChI is InChI=1S/C27H36N4O6S2/c1-6-37-25(34)17-8-7-13-31(15-17)39(35,36)18-11-9-16(10-12-18)23(33)29-24-20(22(28)32)19-14-26(2,3)30-27(4,5)21(19)38-24/h9-12,17,30H,6-8,13-15H2,1-5H3,(H2,28,32)(H,29,33). The number of piperidine rings is 1. The molecule has 1 aromatic heterocycles. The van der Waals surface area contributed by atoms with E-state index in [4.69, 9.17) is 10.5 Å². The monoisotopic (exact) mass is 576 g/mol. The third kappa shape index (κ3) is 5.88. The Morgan fingerprint density at radius 1 is 1.18 bits per heavy atom. The van der Waals surface area contributed by atoms with E-state index in [1.165, 1.54) is 39.9 Å². The normalized spacial score (nSPS) is 20.6. The van der Waals surface area contributed by atoms with Crippen LogP contribution in [0.15, 0.2) is 29.2 Å². The zero-order chi connectivity index (χ0) is 28.8. The van der Waals surface area contributed by atoms with Crippen molar-refractivity contribution in [1.29, 1.82) is 0 Å². The molecule has 0 radical (unpaired) electrons. The third-order valence-corrected chi connectivity index (χ3v) is 10.4. The van der Waals surface area contributed by atoms with Crippen LogP contribution in [0.2, 0.25) is 0 Å². The van der Waals surface area contributed by atoms with Crippen LogP contribution in [0.3, 0.4) is 0 Å². The van der Waals surface area contributed by atoms with Crippen molar-refractivity contribution in [2.75, 3.05) is 25.0 Å². The fraction of sp³-hybridized carbons (Fsp3) is 0.519. The maximum absolute atomic E-state index is 13.2. The number of nitrogens with one attached hydrogen (secondary N) is 2. The van der Waals surface area contributed by atoms with E-state index >= 15 is 0 Å². The maximum atomic E-state index is 13.2. The molecule has 0 spiro atoms. The highest BCUT2D eigenvalue weighted by Gasteiger charge is 2.41. The Hall–Kier alpha value is -2.80. The maximum Gasteiger partial charge on any atom is 0.310 e. The van der Waals surface area contributed by atoms with Crippen molar-refractivity contribution in [3.8, 4) is 0 Å². The second-order valence-corrected chi connectivity index (χ2v) is 14.2. The largest absolute Gasteiger partial charge is 0.466 e. The first-order chi connectivity index (χ1) is 18.2. The molecule has 2 aliphatic heterocycles. The molecule has 2 aromatic rings. The zero-order valence-corrected chi connectivity index (χ0v) is 24.6. The predicted molar refractivity (Wildman–Crippen MR) is 149 cm³/mol. The number of rotatable bonds is 7. The SMILES string of the molecule is CCOC(=O)C1CCCN(S(=O)(=O)c2ccc(C(=O)Nc3sc4c(c3C(N)=O)CC(C)(C)NC4(C)C)cc2)C1. The van der Waals surface area contributed by atoms with E-state index in [-0.39, 0.29) is 29.1 Å². The minimum absolute atomic E-state index is 0.0306. The number of ether oxygens (including phenoxy) is 1. The highest BCUT2D eigenvalue weighted by molar-refractivity contribution is 7.89. The smallest absolute Gasteiger partial charge is 0.310 e. The number of thiophene rings is 1. The lowest BCUT2D eigenvalue weighted by molar-refractivity contribution is -0.149. The van der Waals surface area contributed by atoms with Crippen molar-refractivity contribution in [3.05, 3.63) is 45.8 Å². The summed E-state index contributed by atoms with van der Waals surface area (Å²) in [5, 5.41) is 6.77. The molecule has 3 heterocycles. The topological polar surface area (TPSA) is 148 Å². The Labute approximate surface area is 233 Å². The Kier molecular flexibility index (Phi) is 7.96. The van der Waals surface area contributed by atoms with Gasteiger partial charge in [-0.2, -0.15) is 4.31 Å². The molecule has 1 unspecified atom stereocenters. The molecule has 0 bridgehead atoms. The zero-order valence-electron chi connectivity index (χ0n) is 22.9. The van der Waals surface area contributed by atoms with Gasteiger partial charge in [0.1, 0.15) is 5.00 Å². The second-order valence-electron chi connectivity index (χ2n) is 11.2. The number of hydrogen-bond donors (Lipinski definition) is 3. The van der Waals surface area contributed by atoms with Crippen LogP contribution in [0.5, 0.6) is 0 Å². The molecular formula is C27H36N4O6S2. The van der Waals surface area contributed by atoms with Crippen molar-refractivity contribution in [3.63, 3.8) is 0 Å². The van der Waals surface area contributed by atoms with Crippen LogP contribution in [-0.4, -0.2) is 55.7 Å². The summed E-state index contributed by atoms with van der Waals surface area (Å²) in [6, 6.07) is 5.62. The average molecular weight is 577 g/mol. The van der Waals surface area contributed by atoms with Crippen molar-refractivity contribution in [1.82, 2.24) is 9.62 Å². The first-order valence-corrected chi connectivity index (χ1v) is 15.3. The van der Waals surface area contributed by atoms with Crippen molar-refractivity contribution < 1.29 is 27.5 Å². The summed E-state index contributed by atoms with van der Waals surface area (Å²) in [7, 11) is -3.86. The lowest BCUT2D eigenvalue weighted by Crippen LogP contribution is -2.55. The number of hydrogen-bond acceptors (Lipinski definition) is 8. The fourth-order valence-electron chi connectivity index (χ4n) is 5.59. The summed E-state index contributed by atoms with van der Waals surface area (Å²) >= 11 is 1.32. The van der Waals surface area contributed by atoms with Gasteiger partial charge < -0.3 is 21.1 Å². The Morgan fingerprint density at radius 2 is 1.85 bits per heavy atom. The number of primary amides is 1. The van der Waals surface area contributed by atoms with Crippen LogP contribution in [0.4, 0.5) is 5.00 Å². The van der Waals surface area contributed by atoms with E-state index in [1.54, 1.807) is 6.92 Å². The van der Waals surface area contributed by atoms with E-state index in [2.05, 4.69) is 24.5 Å². The molecule has 0 saturated carbocycles. The molecule has 39 heavy (non-hydrogen) atoms. The highest BCUT2D eigenvalue weighted by atomic mass is 32.2. The molecule has 1 fully saturated rings. The van der Waals surface area contributed by atoms with E-state index in [1.807, 2.05) is 13.8 Å². The summed E-state index contributed by atoms with van der Waals surface area (Å²) in [5.41, 5.74) is 6.44. The van der Waals surface area contributed by atoms with Crippen LogP contribution in [-0.2, 0) is 31.5 Å². The molecule has 2 aliphatic rings. The van der Waals surface area contributed by atoms with Gasteiger partial charge in [-0.3, -0.25) is 14.4 Å². The number of sulfonamides is 1. The number of nitrogens with zero attached hydrogens (tertiary/aromatic N) is 1. The van der Waals surface area contributed by atoms with E-state index in [0.29, 0.717) is 36.4 Å². The predicted octanol–water partition coefficient (Wildman–Crippen LogP) is 3.22. The van der Waals surface area contributed by atoms with E-state index in [0.717, 1.165) is 10.4 Å². The molecule has 212 valence electrons. The molecule has 10 nitrogen and oxygen atoms in total. The van der Waals surface area contributed by atoms with Gasteiger partial charge in [-0.25, -0.2) is 8.42 Å². The lowest BCUT2D eigenvalue weighted by Gasteiger charge is -2.42. The summed E-state index contributed by atoms with van der Waals surface area (Å²) in [6.07, 6.45) is 1.71. The number of carbonyl (C=O) groups excluding carboxylic acids is 3. The summed E-state index contributed by atoms with van der Waals surface area (Å²) in [4.78, 5) is 38.7. The number of amides is 2. The van der Waals surface area contributed by atoms with Crippen LogP contribution in [0.1, 0.15) is 78.6 Å². The van der Waals surface area contributed by atoms with Crippen molar-refractivity contribution in [2.45, 2.75) is 69.9 Å². The molecular weight excluding hydrogens is 540 g/mol. The van der Waals surface area contributed by atoms with Crippen LogP contribution >= 0.6 is 11.3 Å². The van der Waals surface area contributed by atoms with Gasteiger partial charge in [0.05, 0.1) is 23.0 Å². The van der Waals surface area contributed by atoms with Gasteiger partial charge >= 0.3 is 5.97 Å². The molecule has 4 N–H and O–H groups in total. The molecule has 1 saturated heterocycles. The quantitative estimate of drug-likeness (QED) is 0.429. The number of benzene rings is 1. The van der Waals surface area contributed by atoms with Gasteiger partial charge in [0, 0.05) is 34.6 Å². The van der Waals surface area contributed by atoms with Gasteiger partial charge in [-0.05, 0) is 83.7 Å². The first kappa shape index (κ1) is 29.2. The lowest BCUT2D eigenvalue weighted by atomic mass is 9.81. The van der Waals surface area contributed by atoms with Gasteiger partial charge in [-0.1, -0.05) is 0 Å². The summed E-state index contributed by atoms with van der Waals surface area (Å²) < 4.78 is 32.9. The Morgan fingerprint density at radius 3 is 2.46 bits per heavy atom. The van der Waals surface area contributed by atoms with Gasteiger partial charge in [0.2, 0.25) is 10.0 Å². The minimum atomic E-state index is -3.86. The molecule has 12 heteroatoms. The van der Waals surface area contributed by atoms with Crippen LogP contribution in [0, 0.1) is 5.92 Å². The molecule has 1 aromatic carbocycles. The number of fused-ring (bicyclic) bond motifs is 1. The van der Waals surface area contributed by atoms with Crippen molar-refractivity contribution >= 4 is 44.1 Å². The second kappa shape index (κ2) is 10.6. The van der Waals surface area contributed by atoms with Gasteiger partial charge in [-0.15, -0.1) is 11.3 Å². The number of anilines is 1. The Bertz CT molecular complexity index is 1400.